The van der Waals surface area contributed by atoms with E-state index in [2.05, 4.69) is 0 Å². The van der Waals surface area contributed by atoms with Gasteiger partial charge in [-0.25, -0.2) is 8.42 Å². The first-order valence-electron chi connectivity index (χ1n) is 5.13. The van der Waals surface area contributed by atoms with Gasteiger partial charge in [-0.15, -0.1) is 0 Å². The third-order valence-electron chi connectivity index (χ3n) is 2.42. The molecule has 0 aromatic heterocycles. The highest BCUT2D eigenvalue weighted by Crippen LogP contribution is 2.19. The molecule has 1 rings (SSSR count). The Hall–Kier alpha value is -1.40. The summed E-state index contributed by atoms with van der Waals surface area (Å²) in [4.78, 5) is 11.6. The van der Waals surface area contributed by atoms with Crippen LogP contribution < -0.4 is 10.5 Å². The van der Waals surface area contributed by atoms with Gasteiger partial charge < -0.3 is 5.73 Å². The van der Waals surface area contributed by atoms with Crippen LogP contribution in [0.5, 0.6) is 0 Å². The van der Waals surface area contributed by atoms with E-state index in [0.717, 1.165) is 11.8 Å². The van der Waals surface area contributed by atoms with Crippen molar-refractivity contribution in [3.8, 4) is 0 Å². The van der Waals surface area contributed by atoms with Crippen molar-refractivity contribution in [1.29, 1.82) is 0 Å². The smallest absolute Gasteiger partial charge is 0.238 e. The van der Waals surface area contributed by atoms with E-state index in [1.807, 2.05) is 22.9 Å². The van der Waals surface area contributed by atoms with Gasteiger partial charge in [-0.05, 0) is 5.56 Å². The molecule has 5 nitrogen and oxygen atoms in total. The summed E-state index contributed by atoms with van der Waals surface area (Å²) < 4.78 is 23.8. The van der Waals surface area contributed by atoms with Crippen LogP contribution in [0.3, 0.4) is 0 Å². The summed E-state index contributed by atoms with van der Waals surface area (Å²) in [7, 11) is -3.54. The fourth-order valence-electron chi connectivity index (χ4n) is 1.40. The molecular formula is C11H16N2O3S. The van der Waals surface area contributed by atoms with E-state index >= 15 is 0 Å². The van der Waals surface area contributed by atoms with E-state index in [1.165, 1.54) is 0 Å². The lowest BCUT2D eigenvalue weighted by Crippen LogP contribution is -2.38. The van der Waals surface area contributed by atoms with Crippen LogP contribution in [-0.4, -0.2) is 20.6 Å². The molecule has 0 bridgehead atoms. The van der Waals surface area contributed by atoms with Gasteiger partial charge in [-0.3, -0.25) is 9.52 Å². The molecule has 1 amide bonds. The second kappa shape index (κ2) is 5.29. The normalized spacial score (nSPS) is 15.0. The fourth-order valence-corrected chi connectivity index (χ4v) is 1.95. The van der Waals surface area contributed by atoms with Crippen LogP contribution in [0.1, 0.15) is 18.5 Å². The Bertz CT molecular complexity index is 485. The minimum atomic E-state index is -3.54. The van der Waals surface area contributed by atoms with Gasteiger partial charge in [0.2, 0.25) is 15.9 Å². The summed E-state index contributed by atoms with van der Waals surface area (Å²) in [5.74, 6) is -1.21. The number of rotatable bonds is 4. The van der Waals surface area contributed by atoms with Gasteiger partial charge in [-0.2, -0.15) is 0 Å². The lowest BCUT2D eigenvalue weighted by molar-refractivity contribution is -0.123. The first kappa shape index (κ1) is 13.7. The van der Waals surface area contributed by atoms with Crippen molar-refractivity contribution in [2.24, 2.45) is 11.7 Å². The van der Waals surface area contributed by atoms with Crippen LogP contribution >= 0.6 is 0 Å². The number of hydrogen-bond acceptors (Lipinski definition) is 4. The van der Waals surface area contributed by atoms with Gasteiger partial charge >= 0.3 is 0 Å². The summed E-state index contributed by atoms with van der Waals surface area (Å²) >= 11 is 0. The summed E-state index contributed by atoms with van der Waals surface area (Å²) in [5, 5.41) is 0. The number of carbonyl (C=O) groups is 1. The van der Waals surface area contributed by atoms with Crippen molar-refractivity contribution in [1.82, 2.24) is 4.72 Å². The van der Waals surface area contributed by atoms with E-state index in [0.29, 0.717) is 0 Å². The predicted octanol–water partition coefficient (Wildman–Crippen LogP) is 0.398. The van der Waals surface area contributed by atoms with Gasteiger partial charge in [0.1, 0.15) is 0 Å². The van der Waals surface area contributed by atoms with Crippen molar-refractivity contribution >= 4 is 15.9 Å². The SMILES string of the molecule is CC(C(=O)NS(C)(=O)=O)C(N)c1ccccc1. The molecule has 2 atom stereocenters. The highest BCUT2D eigenvalue weighted by molar-refractivity contribution is 7.89. The zero-order chi connectivity index (χ0) is 13.1. The van der Waals surface area contributed by atoms with E-state index in [-0.39, 0.29) is 0 Å². The molecule has 0 aliphatic carbocycles. The number of hydrogen-bond donors (Lipinski definition) is 2. The predicted molar refractivity (Wildman–Crippen MR) is 65.5 cm³/mol. The lowest BCUT2D eigenvalue weighted by atomic mass is 9.95. The molecule has 17 heavy (non-hydrogen) atoms. The van der Waals surface area contributed by atoms with Crippen molar-refractivity contribution in [3.63, 3.8) is 0 Å². The second-order valence-corrected chi connectivity index (χ2v) is 5.71. The van der Waals surface area contributed by atoms with Crippen LogP contribution in [-0.2, 0) is 14.8 Å². The number of amides is 1. The van der Waals surface area contributed by atoms with Crippen LogP contribution in [0.25, 0.3) is 0 Å². The van der Waals surface area contributed by atoms with Crippen LogP contribution in [0.4, 0.5) is 0 Å². The first-order valence-corrected chi connectivity index (χ1v) is 7.02. The lowest BCUT2D eigenvalue weighted by Gasteiger charge is -2.19. The summed E-state index contributed by atoms with van der Waals surface area (Å²) in [5.41, 5.74) is 6.70. The van der Waals surface area contributed by atoms with E-state index in [4.69, 9.17) is 5.73 Å². The number of sulfonamides is 1. The quantitative estimate of drug-likeness (QED) is 0.816. The van der Waals surface area contributed by atoms with Gasteiger partial charge in [0.05, 0.1) is 12.2 Å². The zero-order valence-electron chi connectivity index (χ0n) is 9.75. The molecule has 0 heterocycles. The maximum atomic E-state index is 11.6. The Morgan fingerprint density at radius 2 is 1.82 bits per heavy atom. The topological polar surface area (TPSA) is 89.3 Å². The molecule has 0 fully saturated rings. The maximum absolute atomic E-state index is 11.6. The molecule has 1 aromatic rings. The zero-order valence-corrected chi connectivity index (χ0v) is 10.6. The van der Waals surface area contributed by atoms with E-state index in [1.54, 1.807) is 19.1 Å². The van der Waals surface area contributed by atoms with E-state index < -0.39 is 27.9 Å². The van der Waals surface area contributed by atoms with Crippen molar-refractivity contribution < 1.29 is 13.2 Å². The first-order chi connectivity index (χ1) is 7.81. The van der Waals surface area contributed by atoms with Gasteiger partial charge in [0, 0.05) is 6.04 Å². The van der Waals surface area contributed by atoms with Crippen molar-refractivity contribution in [2.45, 2.75) is 13.0 Å². The molecule has 0 saturated heterocycles. The molecule has 0 aliphatic heterocycles. The van der Waals surface area contributed by atoms with E-state index in [9.17, 15) is 13.2 Å². The Kier molecular flexibility index (Phi) is 4.25. The molecule has 94 valence electrons. The Balaban J connectivity index is 2.77. The van der Waals surface area contributed by atoms with Crippen LogP contribution in [0.2, 0.25) is 0 Å². The van der Waals surface area contributed by atoms with Crippen molar-refractivity contribution in [2.75, 3.05) is 6.26 Å². The number of carbonyl (C=O) groups excluding carboxylic acids is 1. The minimum absolute atomic E-state index is 0.530. The molecule has 6 heteroatoms. The number of nitrogens with one attached hydrogen (secondary N) is 1. The Labute approximate surface area is 101 Å². The monoisotopic (exact) mass is 256 g/mol. The number of benzene rings is 1. The summed E-state index contributed by atoms with van der Waals surface area (Å²) in [6.07, 6.45) is 0.936. The molecular weight excluding hydrogens is 240 g/mol. The maximum Gasteiger partial charge on any atom is 0.238 e. The standard InChI is InChI=1S/C11H16N2O3S/c1-8(11(14)13-17(2,15)16)10(12)9-6-4-3-5-7-9/h3-8,10H,12H2,1-2H3,(H,13,14). The van der Waals surface area contributed by atoms with Crippen molar-refractivity contribution in [3.05, 3.63) is 35.9 Å². The number of nitrogens with two attached hydrogens (primary N) is 1. The molecule has 2 unspecified atom stereocenters. The molecule has 3 N–H and O–H groups in total. The van der Waals surface area contributed by atoms with Crippen LogP contribution in [0.15, 0.2) is 30.3 Å². The second-order valence-electron chi connectivity index (χ2n) is 3.96. The third kappa shape index (κ3) is 4.16. The summed E-state index contributed by atoms with van der Waals surface area (Å²) in [6, 6.07) is 8.55. The van der Waals surface area contributed by atoms with Crippen LogP contribution in [0, 0.1) is 5.92 Å². The summed E-state index contributed by atoms with van der Waals surface area (Å²) in [6.45, 7) is 1.60. The Morgan fingerprint density at radius 3 is 2.29 bits per heavy atom. The molecule has 0 saturated carbocycles. The molecule has 0 spiro atoms. The molecule has 0 aliphatic rings. The molecule has 1 aromatic carbocycles. The Morgan fingerprint density at radius 1 is 1.29 bits per heavy atom. The minimum Gasteiger partial charge on any atom is -0.323 e. The van der Waals surface area contributed by atoms with Gasteiger partial charge in [0.25, 0.3) is 0 Å². The highest BCUT2D eigenvalue weighted by Gasteiger charge is 2.23. The largest absolute Gasteiger partial charge is 0.323 e. The highest BCUT2D eigenvalue weighted by atomic mass is 32.2. The third-order valence-corrected chi connectivity index (χ3v) is 2.99. The van der Waals surface area contributed by atoms with Gasteiger partial charge in [-0.1, -0.05) is 37.3 Å². The van der Waals surface area contributed by atoms with Gasteiger partial charge in [0.15, 0.2) is 0 Å². The molecule has 0 radical (unpaired) electrons. The average molecular weight is 256 g/mol. The average Bonchev–Trinajstić information content (AvgIpc) is 2.26. The fraction of sp³-hybridized carbons (Fsp3) is 0.364.